The number of allylic oxidation sites excluding steroid dienone is 1. The van der Waals surface area contributed by atoms with E-state index in [4.69, 9.17) is 10.8 Å². The van der Waals surface area contributed by atoms with Crippen LogP contribution in [0.25, 0.3) is 11.1 Å². The Hall–Kier alpha value is -2.90. The fourth-order valence-corrected chi connectivity index (χ4v) is 1.60. The summed E-state index contributed by atoms with van der Waals surface area (Å²) in [7, 11) is 1.57. The Morgan fingerprint density at radius 3 is 2.95 bits per heavy atom. The number of aromatic nitrogens is 3. The molecule has 0 saturated heterocycles. The van der Waals surface area contributed by atoms with Crippen molar-refractivity contribution in [3.63, 3.8) is 0 Å². The molecule has 8 heteroatoms. The molecule has 0 spiro atoms. The van der Waals surface area contributed by atoms with Gasteiger partial charge in [0.25, 0.3) is 5.56 Å². The van der Waals surface area contributed by atoms with Crippen LogP contribution in [0.15, 0.2) is 28.3 Å². The van der Waals surface area contributed by atoms with Crippen LogP contribution in [0.5, 0.6) is 0 Å². The summed E-state index contributed by atoms with van der Waals surface area (Å²) in [6.07, 6.45) is 4.23. The van der Waals surface area contributed by atoms with Crippen LogP contribution in [0, 0.1) is 0 Å². The van der Waals surface area contributed by atoms with Crippen molar-refractivity contribution >= 4 is 23.3 Å². The average molecular weight is 261 g/mol. The van der Waals surface area contributed by atoms with E-state index in [0.29, 0.717) is 11.3 Å². The number of aromatic carboxylic acids is 1. The molecule has 0 radical (unpaired) electrons. The predicted molar refractivity (Wildman–Crippen MR) is 69.4 cm³/mol. The van der Waals surface area contributed by atoms with Gasteiger partial charge < -0.3 is 15.8 Å². The number of hydrogen-bond donors (Lipinski definition) is 3. The molecule has 0 aromatic carbocycles. The second kappa shape index (κ2) is 4.77. The number of carbonyl (C=O) groups is 1. The number of nitrogens with one attached hydrogen (secondary N) is 1. The maximum absolute atomic E-state index is 11.8. The molecular formula is C11H11N5O3. The maximum atomic E-state index is 11.8. The summed E-state index contributed by atoms with van der Waals surface area (Å²) in [6, 6.07) is 1.20. The van der Waals surface area contributed by atoms with Gasteiger partial charge in [-0.05, 0) is 0 Å². The number of hydrogen-bond acceptors (Lipinski definition) is 5. The van der Waals surface area contributed by atoms with Crippen LogP contribution in [0.1, 0.15) is 16.2 Å². The highest BCUT2D eigenvalue weighted by molar-refractivity contribution is 6.08. The van der Waals surface area contributed by atoms with Gasteiger partial charge in [0.2, 0.25) is 0 Å². The Labute approximate surface area is 106 Å². The molecule has 8 nitrogen and oxygen atoms in total. The minimum atomic E-state index is -1.20. The van der Waals surface area contributed by atoms with Crippen LogP contribution in [0.4, 0.5) is 0 Å². The zero-order chi connectivity index (χ0) is 14.0. The zero-order valence-electron chi connectivity index (χ0n) is 9.99. The van der Waals surface area contributed by atoms with Crippen molar-refractivity contribution in [3.8, 4) is 0 Å². The van der Waals surface area contributed by atoms with E-state index in [2.05, 4.69) is 15.1 Å². The largest absolute Gasteiger partial charge is 0.476 e. The molecule has 0 fully saturated rings. The van der Waals surface area contributed by atoms with Gasteiger partial charge >= 0.3 is 5.97 Å². The molecule has 0 saturated carbocycles. The quantitative estimate of drug-likeness (QED) is 0.655. The van der Waals surface area contributed by atoms with E-state index in [1.807, 2.05) is 0 Å². The third-order valence-corrected chi connectivity index (χ3v) is 2.45. The number of H-pyrrole nitrogens is 1. The minimum Gasteiger partial charge on any atom is -0.476 e. The fourth-order valence-electron chi connectivity index (χ4n) is 1.60. The molecule has 2 aromatic rings. The van der Waals surface area contributed by atoms with Gasteiger partial charge in [-0.1, -0.05) is 0 Å². The molecule has 4 N–H and O–H groups in total. The van der Waals surface area contributed by atoms with Crippen LogP contribution in [-0.4, -0.2) is 38.9 Å². The molecule has 19 heavy (non-hydrogen) atoms. The van der Waals surface area contributed by atoms with Crippen molar-refractivity contribution in [1.82, 2.24) is 14.6 Å². The summed E-state index contributed by atoms with van der Waals surface area (Å²) in [5.41, 5.74) is 5.81. The Balaban J connectivity index is 2.68. The number of aliphatic imine (C=N–C) groups is 1. The molecule has 2 aromatic heterocycles. The number of aromatic amines is 1. The zero-order valence-corrected chi connectivity index (χ0v) is 9.99. The van der Waals surface area contributed by atoms with Crippen molar-refractivity contribution in [2.45, 2.75) is 0 Å². The molecule has 2 heterocycles. The molecular weight excluding hydrogens is 250 g/mol. The summed E-state index contributed by atoms with van der Waals surface area (Å²) in [5, 5.41) is 12.6. The lowest BCUT2D eigenvalue weighted by Crippen LogP contribution is -2.13. The summed E-state index contributed by atoms with van der Waals surface area (Å²) in [4.78, 5) is 29.1. The van der Waals surface area contributed by atoms with Gasteiger partial charge in [-0.3, -0.25) is 9.79 Å². The number of carboxylic acids is 1. The Bertz CT molecular complexity index is 753. The van der Waals surface area contributed by atoms with E-state index in [9.17, 15) is 9.59 Å². The molecule has 2 rings (SSSR count). The molecule has 0 aliphatic carbocycles. The van der Waals surface area contributed by atoms with Crippen LogP contribution >= 0.6 is 0 Å². The molecule has 0 unspecified atom stereocenters. The van der Waals surface area contributed by atoms with Crippen molar-refractivity contribution < 1.29 is 9.90 Å². The fraction of sp³-hybridized carbons (Fsp3) is 0.0909. The van der Waals surface area contributed by atoms with E-state index in [0.717, 1.165) is 0 Å². The van der Waals surface area contributed by atoms with Crippen LogP contribution in [0.3, 0.4) is 0 Å². The van der Waals surface area contributed by atoms with Gasteiger partial charge in [0, 0.05) is 31.1 Å². The molecule has 0 aliphatic heterocycles. The number of rotatable bonds is 3. The minimum absolute atomic E-state index is 0.144. The van der Waals surface area contributed by atoms with Crippen molar-refractivity contribution in [2.24, 2.45) is 10.7 Å². The molecule has 0 aliphatic rings. The number of nitrogens with two attached hydrogens (primary N) is 1. The van der Waals surface area contributed by atoms with Crippen molar-refractivity contribution in [1.29, 1.82) is 0 Å². The van der Waals surface area contributed by atoms with Gasteiger partial charge in [0.15, 0.2) is 5.69 Å². The smallest absolute Gasteiger partial charge is 0.356 e. The first kappa shape index (κ1) is 12.6. The second-order valence-corrected chi connectivity index (χ2v) is 3.67. The number of nitrogens with zero attached hydrogens (tertiary/aromatic N) is 3. The van der Waals surface area contributed by atoms with E-state index >= 15 is 0 Å². The topological polar surface area (TPSA) is 126 Å². The summed E-state index contributed by atoms with van der Waals surface area (Å²) in [6.45, 7) is 0. The van der Waals surface area contributed by atoms with E-state index < -0.39 is 11.5 Å². The third-order valence-electron chi connectivity index (χ3n) is 2.45. The Morgan fingerprint density at radius 2 is 2.37 bits per heavy atom. The molecule has 0 bridgehead atoms. The van der Waals surface area contributed by atoms with Gasteiger partial charge in [-0.2, -0.15) is 5.10 Å². The second-order valence-electron chi connectivity index (χ2n) is 3.67. The van der Waals surface area contributed by atoms with Crippen LogP contribution in [-0.2, 0) is 0 Å². The Kier molecular flexibility index (Phi) is 3.15. The normalized spacial score (nSPS) is 12.4. The summed E-state index contributed by atoms with van der Waals surface area (Å²) in [5.74, 6) is -1.20. The lowest BCUT2D eigenvalue weighted by molar-refractivity contribution is 0.0690. The first-order chi connectivity index (χ1) is 9.06. The lowest BCUT2D eigenvalue weighted by atomic mass is 10.2. The van der Waals surface area contributed by atoms with Crippen LogP contribution in [0.2, 0.25) is 0 Å². The highest BCUT2D eigenvalue weighted by atomic mass is 16.4. The molecule has 0 atom stereocenters. The molecule has 98 valence electrons. The SMILES string of the molecule is CN=C/C(=C\N)c1cn2nc(C(=O)O)cc2c(=O)[nH]1. The monoisotopic (exact) mass is 261 g/mol. The highest BCUT2D eigenvalue weighted by Gasteiger charge is 2.12. The van der Waals surface area contributed by atoms with E-state index in [1.165, 1.54) is 29.2 Å². The van der Waals surface area contributed by atoms with Crippen molar-refractivity contribution in [2.75, 3.05) is 7.05 Å². The molecule has 0 amide bonds. The van der Waals surface area contributed by atoms with Gasteiger partial charge in [0.1, 0.15) is 5.52 Å². The van der Waals surface area contributed by atoms with Gasteiger partial charge in [0.05, 0.1) is 11.9 Å². The number of carboxylic acid groups (broad SMARTS) is 1. The standard InChI is InChI=1S/C11H11N5O3/c1-13-4-6(3-12)8-5-16-9(10(17)14-8)2-7(15-16)11(18)19/h2-5H,12H2,1H3,(H,14,17)(H,18,19)/b6-3+,13-4?. The number of fused-ring (bicyclic) bond motifs is 1. The average Bonchev–Trinajstić information content (AvgIpc) is 2.80. The maximum Gasteiger partial charge on any atom is 0.356 e. The van der Waals surface area contributed by atoms with Crippen molar-refractivity contribution in [3.05, 3.63) is 40.2 Å². The predicted octanol–water partition coefficient (Wildman–Crippen LogP) is -0.279. The lowest BCUT2D eigenvalue weighted by Gasteiger charge is -2.01. The van der Waals surface area contributed by atoms with Gasteiger partial charge in [-0.25, -0.2) is 9.31 Å². The summed E-state index contributed by atoms with van der Waals surface area (Å²) < 4.78 is 1.20. The Morgan fingerprint density at radius 1 is 1.63 bits per heavy atom. The highest BCUT2D eigenvalue weighted by Crippen LogP contribution is 2.08. The summed E-state index contributed by atoms with van der Waals surface area (Å²) >= 11 is 0. The first-order valence-corrected chi connectivity index (χ1v) is 5.27. The van der Waals surface area contributed by atoms with E-state index in [-0.39, 0.29) is 11.2 Å². The van der Waals surface area contributed by atoms with Gasteiger partial charge in [-0.15, -0.1) is 0 Å². The van der Waals surface area contributed by atoms with Crippen LogP contribution < -0.4 is 11.3 Å². The van der Waals surface area contributed by atoms with E-state index in [1.54, 1.807) is 7.05 Å². The first-order valence-electron chi connectivity index (χ1n) is 5.27. The third kappa shape index (κ3) is 2.23.